The van der Waals surface area contributed by atoms with Gasteiger partial charge in [-0.25, -0.2) is 0 Å². The number of ether oxygens (including phenoxy) is 4. The summed E-state index contributed by atoms with van der Waals surface area (Å²) in [4.78, 5) is 0. The van der Waals surface area contributed by atoms with Crippen LogP contribution in [0.5, 0.6) is 0 Å². The third-order valence-corrected chi connectivity index (χ3v) is 2.30. The summed E-state index contributed by atoms with van der Waals surface area (Å²) in [5.74, 6) is 0. The van der Waals surface area contributed by atoms with Crippen LogP contribution in [0.15, 0.2) is 0 Å². The molecule has 0 atom stereocenters. The van der Waals surface area contributed by atoms with Crippen molar-refractivity contribution in [3.05, 3.63) is 0 Å². The van der Waals surface area contributed by atoms with E-state index in [2.05, 4.69) is 4.18 Å². The Balaban J connectivity index is 3.03. The molecule has 110 valence electrons. The zero-order chi connectivity index (χ0) is 13.7. The van der Waals surface area contributed by atoms with Gasteiger partial charge in [0, 0.05) is 7.11 Å². The maximum absolute atomic E-state index is 10.6. The Morgan fingerprint density at radius 2 is 1.11 bits per heavy atom. The molecule has 0 radical (unpaired) electrons. The fourth-order valence-corrected chi connectivity index (χ4v) is 1.30. The lowest BCUT2D eigenvalue weighted by molar-refractivity contribution is 0.000435. The van der Waals surface area contributed by atoms with Crippen LogP contribution >= 0.6 is 0 Å². The summed E-state index contributed by atoms with van der Waals surface area (Å²) < 4.78 is 46.0. The van der Waals surface area contributed by atoms with Crippen molar-refractivity contribution < 1.29 is 31.5 Å². The number of methoxy groups -OCH3 is 1. The molecule has 0 spiro atoms. The number of hydrogen-bond donors (Lipinski definition) is 0. The van der Waals surface area contributed by atoms with Gasteiger partial charge in [-0.1, -0.05) is 0 Å². The smallest absolute Gasteiger partial charge is 0.264 e. The molecule has 0 bridgehead atoms. The fourth-order valence-electron chi connectivity index (χ4n) is 0.928. The van der Waals surface area contributed by atoms with Crippen LogP contribution in [-0.2, 0) is 33.2 Å². The minimum atomic E-state index is -3.37. The molecule has 7 nitrogen and oxygen atoms in total. The predicted octanol–water partition coefficient (Wildman–Crippen LogP) is -0.341. The molecule has 0 aromatic rings. The Bertz CT molecular complexity index is 265. The van der Waals surface area contributed by atoms with Crippen LogP contribution in [0.1, 0.15) is 0 Å². The molecule has 0 amide bonds. The lowest BCUT2D eigenvalue weighted by Crippen LogP contribution is -2.14. The molecule has 0 saturated carbocycles. The number of rotatable bonds is 13. The van der Waals surface area contributed by atoms with Gasteiger partial charge in [-0.15, -0.1) is 0 Å². The van der Waals surface area contributed by atoms with Gasteiger partial charge in [0.05, 0.1) is 59.1 Å². The highest BCUT2D eigenvalue weighted by Crippen LogP contribution is 1.87. The molecule has 0 heterocycles. The molecule has 0 rings (SSSR count). The lowest BCUT2D eigenvalue weighted by atomic mass is 10.7. The highest BCUT2D eigenvalue weighted by molar-refractivity contribution is 7.85. The van der Waals surface area contributed by atoms with Crippen molar-refractivity contribution >= 4 is 10.1 Å². The van der Waals surface area contributed by atoms with Gasteiger partial charge in [0.1, 0.15) is 0 Å². The van der Waals surface area contributed by atoms with E-state index < -0.39 is 10.1 Å². The second-order valence-electron chi connectivity index (χ2n) is 3.36. The summed E-state index contributed by atoms with van der Waals surface area (Å²) in [6, 6.07) is 0. The van der Waals surface area contributed by atoms with Gasteiger partial charge < -0.3 is 18.9 Å². The van der Waals surface area contributed by atoms with Gasteiger partial charge >= 0.3 is 0 Å². The molecule has 18 heavy (non-hydrogen) atoms. The third kappa shape index (κ3) is 15.8. The molecule has 0 fully saturated rings. The van der Waals surface area contributed by atoms with Gasteiger partial charge in [-0.3, -0.25) is 4.18 Å². The summed E-state index contributed by atoms with van der Waals surface area (Å²) in [6.07, 6.45) is 1.000. The molecule has 0 aliphatic heterocycles. The minimum Gasteiger partial charge on any atom is -0.382 e. The van der Waals surface area contributed by atoms with Gasteiger partial charge in [0.15, 0.2) is 0 Å². The van der Waals surface area contributed by atoms with E-state index in [-0.39, 0.29) is 13.2 Å². The first-order valence-corrected chi connectivity index (χ1v) is 7.44. The van der Waals surface area contributed by atoms with Crippen LogP contribution in [0.2, 0.25) is 0 Å². The van der Waals surface area contributed by atoms with Crippen molar-refractivity contribution in [2.75, 3.05) is 66.2 Å². The topological polar surface area (TPSA) is 80.3 Å². The molecule has 0 unspecified atom stereocenters. The Morgan fingerprint density at radius 1 is 0.722 bits per heavy atom. The number of hydrogen-bond acceptors (Lipinski definition) is 7. The molecule has 0 aromatic heterocycles. The summed E-state index contributed by atoms with van der Waals surface area (Å²) in [5.41, 5.74) is 0. The summed E-state index contributed by atoms with van der Waals surface area (Å²) in [5, 5.41) is 0. The van der Waals surface area contributed by atoms with E-state index in [0.717, 1.165) is 6.26 Å². The average molecular weight is 286 g/mol. The van der Waals surface area contributed by atoms with E-state index in [9.17, 15) is 8.42 Å². The maximum atomic E-state index is 10.6. The highest BCUT2D eigenvalue weighted by atomic mass is 32.2. The van der Waals surface area contributed by atoms with E-state index in [4.69, 9.17) is 18.9 Å². The summed E-state index contributed by atoms with van der Waals surface area (Å²) in [7, 11) is -1.76. The average Bonchev–Trinajstić information content (AvgIpc) is 2.29. The Labute approximate surface area is 108 Å². The SMILES string of the molecule is COCCOCCOCCOCCOS(C)(=O)=O. The van der Waals surface area contributed by atoms with Crippen molar-refractivity contribution in [2.45, 2.75) is 0 Å². The molecule has 0 saturated heterocycles. The van der Waals surface area contributed by atoms with Crippen LogP contribution in [-0.4, -0.2) is 74.6 Å². The predicted molar refractivity (Wildman–Crippen MR) is 65.1 cm³/mol. The van der Waals surface area contributed by atoms with Gasteiger partial charge in [-0.05, 0) is 0 Å². The van der Waals surface area contributed by atoms with E-state index in [1.807, 2.05) is 0 Å². The second kappa shape index (κ2) is 11.8. The molecular formula is C10H22O7S. The van der Waals surface area contributed by atoms with E-state index in [1.165, 1.54) is 0 Å². The third-order valence-electron chi connectivity index (χ3n) is 1.70. The molecule has 0 aliphatic rings. The zero-order valence-corrected chi connectivity index (χ0v) is 11.7. The van der Waals surface area contributed by atoms with Crippen LogP contribution in [0.4, 0.5) is 0 Å². The molecule has 0 aliphatic carbocycles. The first-order chi connectivity index (χ1) is 8.56. The fraction of sp³-hybridized carbons (Fsp3) is 1.00. The van der Waals surface area contributed by atoms with Crippen molar-refractivity contribution in [2.24, 2.45) is 0 Å². The van der Waals surface area contributed by atoms with Gasteiger partial charge in [0.2, 0.25) is 0 Å². The Kier molecular flexibility index (Phi) is 11.7. The quantitative estimate of drug-likeness (QED) is 0.338. The summed E-state index contributed by atoms with van der Waals surface area (Å²) in [6.45, 7) is 3.22. The van der Waals surface area contributed by atoms with Crippen molar-refractivity contribution in [3.8, 4) is 0 Å². The lowest BCUT2D eigenvalue weighted by Gasteiger charge is -2.06. The zero-order valence-electron chi connectivity index (χ0n) is 10.9. The van der Waals surface area contributed by atoms with Crippen LogP contribution in [0, 0.1) is 0 Å². The first kappa shape index (κ1) is 17.8. The largest absolute Gasteiger partial charge is 0.382 e. The van der Waals surface area contributed by atoms with Crippen molar-refractivity contribution in [1.29, 1.82) is 0 Å². The van der Waals surface area contributed by atoms with E-state index in [0.29, 0.717) is 39.6 Å². The minimum absolute atomic E-state index is 0.0267. The molecule has 8 heteroatoms. The van der Waals surface area contributed by atoms with Crippen LogP contribution in [0.3, 0.4) is 0 Å². The maximum Gasteiger partial charge on any atom is 0.264 e. The second-order valence-corrected chi connectivity index (χ2v) is 5.00. The highest BCUT2D eigenvalue weighted by Gasteiger charge is 2.00. The summed E-state index contributed by atoms with van der Waals surface area (Å²) >= 11 is 0. The Hall–Kier alpha value is -0.250. The van der Waals surface area contributed by atoms with Crippen molar-refractivity contribution in [3.63, 3.8) is 0 Å². The monoisotopic (exact) mass is 286 g/mol. The molecule has 0 N–H and O–H groups in total. The normalized spacial score (nSPS) is 11.9. The van der Waals surface area contributed by atoms with Crippen LogP contribution < -0.4 is 0 Å². The van der Waals surface area contributed by atoms with E-state index >= 15 is 0 Å². The molecular weight excluding hydrogens is 264 g/mol. The molecule has 0 aromatic carbocycles. The van der Waals surface area contributed by atoms with E-state index in [1.54, 1.807) is 7.11 Å². The standard InChI is InChI=1S/C10H22O7S/c1-13-3-4-14-5-6-15-7-8-16-9-10-17-18(2,11)12/h3-10H2,1-2H3. The Morgan fingerprint density at radius 3 is 1.50 bits per heavy atom. The van der Waals surface area contributed by atoms with Crippen LogP contribution in [0.25, 0.3) is 0 Å². The van der Waals surface area contributed by atoms with Crippen molar-refractivity contribution in [1.82, 2.24) is 0 Å². The van der Waals surface area contributed by atoms with Gasteiger partial charge in [0.25, 0.3) is 10.1 Å². The van der Waals surface area contributed by atoms with Gasteiger partial charge in [-0.2, -0.15) is 8.42 Å². The first-order valence-electron chi connectivity index (χ1n) is 5.63.